The maximum Gasteiger partial charge on any atom is 0.468 e. The highest BCUT2D eigenvalue weighted by Gasteiger charge is 2.72. The van der Waals surface area contributed by atoms with Crippen LogP contribution in [-0.2, 0) is 100.0 Å². The molecule has 20 rings (SSSR count). The molecule has 0 heterocycles. The van der Waals surface area contributed by atoms with Gasteiger partial charge in [0.15, 0.2) is 19.2 Å². The Labute approximate surface area is 740 Å². The van der Waals surface area contributed by atoms with Crippen molar-refractivity contribution >= 4 is 53.7 Å². The summed E-state index contributed by atoms with van der Waals surface area (Å²) in [6.07, 6.45) is 19.8. The van der Waals surface area contributed by atoms with E-state index in [-0.39, 0.29) is 101 Å². The molecule has 1 N–H and O–H groups in total. The van der Waals surface area contributed by atoms with Gasteiger partial charge in [0.1, 0.15) is 6.61 Å². The molecule has 0 aliphatic heterocycles. The lowest BCUT2D eigenvalue weighted by Gasteiger charge is -2.60. The van der Waals surface area contributed by atoms with Gasteiger partial charge in [0.2, 0.25) is 0 Å². The van der Waals surface area contributed by atoms with E-state index >= 15 is 0 Å². The van der Waals surface area contributed by atoms with E-state index in [9.17, 15) is 70.2 Å². The van der Waals surface area contributed by atoms with Crippen LogP contribution in [0.4, 0.5) is 22.0 Å². The van der Waals surface area contributed by atoms with Crippen molar-refractivity contribution in [2.75, 3.05) is 60.5 Å². The van der Waals surface area contributed by atoms with Crippen molar-refractivity contribution < 1.29 is 127 Å². The molecule has 20 saturated carbocycles. The van der Waals surface area contributed by atoms with Gasteiger partial charge in [-0.3, -0.25) is 33.6 Å². The second-order valence-corrected chi connectivity index (χ2v) is 48.1. The predicted molar refractivity (Wildman–Crippen MR) is 451 cm³/mol. The summed E-state index contributed by atoms with van der Waals surface area (Å²) in [6.45, 7) is 34.6. The highest BCUT2D eigenvalue weighted by Crippen LogP contribution is 2.69. The summed E-state index contributed by atoms with van der Waals surface area (Å²) in [7, 11) is 3.10. The minimum Gasteiger partial charge on any atom is -0.465 e. The van der Waals surface area contributed by atoms with Crippen LogP contribution in [0.15, 0.2) is 0 Å². The third kappa shape index (κ3) is 22.1. The molecule has 20 aliphatic rings. The van der Waals surface area contributed by atoms with Gasteiger partial charge < -0.3 is 61.9 Å². The van der Waals surface area contributed by atoms with Gasteiger partial charge in [-0.25, -0.2) is 18.4 Å². The number of aliphatic hydroxyl groups is 1. The third-order valence-corrected chi connectivity index (χ3v) is 32.6. The SMILES string of the molecule is CC(C)(C)C(=O)OCC(=O)OCC1(C)C2CC3CC(C2)CC1C3.CC(C)(C)C(=O)OCC1(C)C2CC3CC(C2)CC1C3.CCOC(=O)C(OCC(F)(F)C(C)(C)C)(OC(=O)C12CC3CC(CC(O)(C3)C1)C2)C(F)(F)F.COC(C)OC(=O)C12CC3CC(C1)C(COC(=O)C(C)(C)C)C(C3)C2.COC(C)OC(=O)C12CC3CC(CC(COC(=O)C(C)(C)C)(C3)C1)C2. The smallest absolute Gasteiger partial charge is 0.465 e. The number of rotatable bonds is 23. The summed E-state index contributed by atoms with van der Waals surface area (Å²) in [5.74, 6) is -3.34. The van der Waals surface area contributed by atoms with Crippen molar-refractivity contribution in [3.63, 3.8) is 0 Å². The Kier molecular flexibility index (Phi) is 29.4. The normalized spacial score (nSPS) is 37.7. The van der Waals surface area contributed by atoms with E-state index < -0.39 is 99.7 Å². The molecule has 0 aromatic carbocycles. The fourth-order valence-corrected chi connectivity index (χ4v) is 26.7. The number of alkyl halides is 5. The number of esters is 9. The summed E-state index contributed by atoms with van der Waals surface area (Å²) in [5, 5.41) is 10.8. The van der Waals surface area contributed by atoms with Crippen molar-refractivity contribution in [1.29, 1.82) is 0 Å². The molecule has 0 aromatic rings. The van der Waals surface area contributed by atoms with E-state index in [4.69, 9.17) is 47.4 Å². The Balaban J connectivity index is 0.000000153. The highest BCUT2D eigenvalue weighted by molar-refractivity contribution is 5.86. The lowest BCUT2D eigenvalue weighted by atomic mass is 9.44. The molecule has 27 heteroatoms. The van der Waals surface area contributed by atoms with E-state index in [1.807, 2.05) is 62.3 Å². The Bertz CT molecular complexity index is 3770. The Morgan fingerprint density at radius 2 is 0.768 bits per heavy atom. The van der Waals surface area contributed by atoms with Crippen molar-refractivity contribution in [2.24, 2.45) is 154 Å². The first kappa shape index (κ1) is 100. The molecular formula is C98H153F5O22. The Morgan fingerprint density at radius 1 is 0.400 bits per heavy atom. The van der Waals surface area contributed by atoms with E-state index in [0.717, 1.165) is 127 Å². The first-order valence-electron chi connectivity index (χ1n) is 47.1. The summed E-state index contributed by atoms with van der Waals surface area (Å²) in [6, 6.07) is 0. The molecule has 712 valence electrons. The maximum absolute atomic E-state index is 14.5. The number of hydrogen-bond acceptors (Lipinski definition) is 22. The van der Waals surface area contributed by atoms with Crippen LogP contribution in [0, 0.1) is 154 Å². The van der Waals surface area contributed by atoms with Crippen LogP contribution < -0.4 is 0 Å². The second kappa shape index (κ2) is 36.7. The largest absolute Gasteiger partial charge is 0.468 e. The number of carbonyl (C=O) groups is 9. The standard InChI is InChI=1S/C22H31F5O6.2C20H32O5.C19H30O4.C17H28O2/c1-5-31-16(29)21(22(25,26)27,32-12-20(23,24)17(2,3)4)33-15(28)18-7-13-6-14(8-18)10-19(30,9-13)11-18;1-13(23-5)25-17(22)20-9-14-6-15(10-20)8-19(7-14,11-20)12-24-16(21)18(2,3)4;1-12(23-5)25-18(22)20-8-13-6-14(9-20)16(15(7-13)10-20)11-24-17(21)19(2,3)4;1-18(2,3)17(21)22-10-16(20)23-11-19(4)14-6-12-5-13(8-14)9-15(19)7-12;1-16(2,3)15(18)19-10-17(4)13-6-11-5-12(8-13)9-14(17)7-11/h13-14,30H,5-12H2,1-4H3;13-15H,6-12H2,1-5H3;12-16H,6-11H2,1-5H3;12-15H,5-11H2,1-4H3;11-14H,5-10H2,1-4H3. The van der Waals surface area contributed by atoms with Gasteiger partial charge in [0.05, 0.1) is 76.5 Å². The quantitative estimate of drug-likeness (QED) is 0.0430. The minimum atomic E-state index is -5.69. The third-order valence-electron chi connectivity index (χ3n) is 32.6. The molecular weight excluding hydrogens is 1620 g/mol. The number of methoxy groups -OCH3 is 2. The van der Waals surface area contributed by atoms with E-state index in [1.54, 1.807) is 48.8 Å². The molecule has 20 aliphatic carbocycles. The molecule has 0 amide bonds. The lowest BCUT2D eigenvalue weighted by Crippen LogP contribution is -2.64. The van der Waals surface area contributed by atoms with Gasteiger partial charge in [0.25, 0.3) is 5.92 Å². The summed E-state index contributed by atoms with van der Waals surface area (Å²) >= 11 is 0. The number of halogens is 5. The van der Waals surface area contributed by atoms with Crippen LogP contribution in [-0.4, -0.2) is 155 Å². The summed E-state index contributed by atoms with van der Waals surface area (Å²) < 4.78 is 134. The molecule has 22 nitrogen and oxygen atoms in total. The summed E-state index contributed by atoms with van der Waals surface area (Å²) in [4.78, 5) is 111. The van der Waals surface area contributed by atoms with Gasteiger partial charge in [-0.15, -0.1) is 0 Å². The van der Waals surface area contributed by atoms with Crippen molar-refractivity contribution in [2.45, 2.75) is 348 Å². The van der Waals surface area contributed by atoms with Crippen LogP contribution in [0.2, 0.25) is 0 Å². The average molecular weight is 1780 g/mol. The van der Waals surface area contributed by atoms with E-state index in [2.05, 4.69) is 23.3 Å². The van der Waals surface area contributed by atoms with Crippen LogP contribution >= 0.6 is 0 Å². The molecule has 20 bridgehead atoms. The molecule has 0 saturated heterocycles. The predicted octanol–water partition coefficient (Wildman–Crippen LogP) is 19.3. The number of ether oxygens (including phenoxy) is 12. The summed E-state index contributed by atoms with van der Waals surface area (Å²) in [5.41, 5.74) is -6.79. The highest BCUT2D eigenvalue weighted by atomic mass is 19.4. The number of hydrogen-bond donors (Lipinski definition) is 1. The van der Waals surface area contributed by atoms with Crippen molar-refractivity contribution in [3.05, 3.63) is 0 Å². The van der Waals surface area contributed by atoms with Crippen LogP contribution in [0.3, 0.4) is 0 Å². The molecule has 20 fully saturated rings. The van der Waals surface area contributed by atoms with Gasteiger partial charge in [-0.05, 0) is 372 Å². The second-order valence-electron chi connectivity index (χ2n) is 48.1. The molecule has 9 atom stereocenters. The first-order chi connectivity index (χ1) is 57.6. The number of carbonyl (C=O) groups excluding carboxylic acids is 9. The van der Waals surface area contributed by atoms with Gasteiger partial charge in [0, 0.05) is 35.9 Å². The van der Waals surface area contributed by atoms with Crippen LogP contribution in [0.1, 0.15) is 312 Å². The van der Waals surface area contributed by atoms with Gasteiger partial charge in [-0.2, -0.15) is 13.2 Å². The van der Waals surface area contributed by atoms with Crippen molar-refractivity contribution in [1.82, 2.24) is 0 Å². The fourth-order valence-electron chi connectivity index (χ4n) is 26.7. The van der Waals surface area contributed by atoms with Crippen LogP contribution in [0.25, 0.3) is 0 Å². The zero-order valence-electron chi connectivity index (χ0n) is 79.3. The Morgan fingerprint density at radius 3 is 1.16 bits per heavy atom. The minimum absolute atomic E-state index is 0.0393. The zero-order valence-corrected chi connectivity index (χ0v) is 79.3. The Hall–Kier alpha value is -5.28. The van der Waals surface area contributed by atoms with Gasteiger partial charge >= 0.3 is 65.7 Å². The van der Waals surface area contributed by atoms with Crippen molar-refractivity contribution in [3.8, 4) is 0 Å². The molecule has 9 unspecified atom stereocenters. The molecule has 0 aromatic heterocycles. The van der Waals surface area contributed by atoms with Crippen LogP contribution in [0.5, 0.6) is 0 Å². The van der Waals surface area contributed by atoms with E-state index in [0.29, 0.717) is 86.6 Å². The van der Waals surface area contributed by atoms with E-state index in [1.165, 1.54) is 77.6 Å². The maximum atomic E-state index is 14.5. The topological polar surface area (TPSA) is 285 Å². The zero-order chi connectivity index (χ0) is 92.6. The molecule has 125 heavy (non-hydrogen) atoms. The first-order valence-corrected chi connectivity index (χ1v) is 47.1. The fraction of sp³-hybridized carbons (Fsp3) is 0.908. The lowest BCUT2D eigenvalue weighted by molar-refractivity contribution is -0.370. The van der Waals surface area contributed by atoms with Gasteiger partial charge in [-0.1, -0.05) is 34.6 Å². The average Bonchev–Trinajstić information content (AvgIpc) is 0.726. The molecule has 0 radical (unpaired) electrons. The molecule has 0 spiro atoms. The monoisotopic (exact) mass is 1780 g/mol.